The van der Waals surface area contributed by atoms with E-state index in [1.54, 1.807) is 48.5 Å². The largest absolute Gasteiger partial charge is 0.495 e. The number of aliphatic hydroxyl groups is 1. The van der Waals surface area contributed by atoms with Crippen LogP contribution in [-0.2, 0) is 6.61 Å². The van der Waals surface area contributed by atoms with Gasteiger partial charge in [-0.05, 0) is 29.8 Å². The summed E-state index contributed by atoms with van der Waals surface area (Å²) in [5.74, 6) is 0.620. The third kappa shape index (κ3) is 3.25. The van der Waals surface area contributed by atoms with Gasteiger partial charge < -0.3 is 20.9 Å². The molecule has 0 saturated heterocycles. The molecule has 0 radical (unpaired) electrons. The molecule has 152 valence electrons. The van der Waals surface area contributed by atoms with Gasteiger partial charge in [-0.1, -0.05) is 24.3 Å². The predicted octanol–water partition coefficient (Wildman–Crippen LogP) is 1.75. The van der Waals surface area contributed by atoms with E-state index in [0.717, 1.165) is 4.57 Å². The number of anilines is 2. The lowest BCUT2D eigenvalue weighted by Crippen LogP contribution is -2.32. The zero-order chi connectivity index (χ0) is 21.3. The van der Waals surface area contributed by atoms with E-state index < -0.39 is 11.7 Å². The fraction of sp³-hybridized carbons (Fsp3) is 0.100. The molecule has 4 N–H and O–H groups in total. The van der Waals surface area contributed by atoms with Gasteiger partial charge in [0.25, 0.3) is 0 Å². The van der Waals surface area contributed by atoms with Crippen LogP contribution in [0, 0.1) is 0 Å². The second-order valence-corrected chi connectivity index (χ2v) is 6.35. The second kappa shape index (κ2) is 7.68. The lowest BCUT2D eigenvalue weighted by Gasteiger charge is -2.09. The summed E-state index contributed by atoms with van der Waals surface area (Å²) in [5.41, 5.74) is 6.85. The molecule has 1 amide bonds. The minimum Gasteiger partial charge on any atom is -0.495 e. The molecule has 0 saturated carbocycles. The van der Waals surface area contributed by atoms with E-state index in [9.17, 15) is 14.7 Å². The predicted molar refractivity (Wildman–Crippen MR) is 110 cm³/mol. The smallest absolute Gasteiger partial charge is 0.343 e. The molecule has 0 unspecified atom stereocenters. The average molecular weight is 406 g/mol. The van der Waals surface area contributed by atoms with Crippen molar-refractivity contribution in [2.45, 2.75) is 6.61 Å². The summed E-state index contributed by atoms with van der Waals surface area (Å²) in [5, 5.41) is 12.3. The monoisotopic (exact) mass is 406 g/mol. The van der Waals surface area contributed by atoms with Gasteiger partial charge >= 0.3 is 11.7 Å². The Morgan fingerprint density at radius 2 is 2.03 bits per heavy atom. The van der Waals surface area contributed by atoms with Gasteiger partial charge in [0, 0.05) is 5.69 Å². The van der Waals surface area contributed by atoms with Crippen LogP contribution in [0.1, 0.15) is 5.56 Å². The van der Waals surface area contributed by atoms with Gasteiger partial charge in [0.1, 0.15) is 11.3 Å². The molecule has 0 aliphatic heterocycles. The molecular formula is C20H18N6O4. The van der Waals surface area contributed by atoms with Crippen LogP contribution in [0.25, 0.3) is 16.9 Å². The van der Waals surface area contributed by atoms with Crippen molar-refractivity contribution in [2.75, 3.05) is 12.4 Å². The molecule has 4 aromatic rings. The van der Waals surface area contributed by atoms with Crippen LogP contribution in [0.2, 0.25) is 0 Å². The Bertz CT molecular complexity index is 1310. The van der Waals surface area contributed by atoms with Crippen LogP contribution in [0.15, 0.2) is 59.5 Å². The highest BCUT2D eigenvalue weighted by Gasteiger charge is 2.22. The molecule has 10 nitrogen and oxygen atoms in total. The lowest BCUT2D eigenvalue weighted by atomic mass is 10.2. The fourth-order valence-electron chi connectivity index (χ4n) is 3.16. The number of imidazole rings is 1. The Morgan fingerprint density at radius 1 is 1.23 bits per heavy atom. The third-order valence-corrected chi connectivity index (χ3v) is 4.50. The molecule has 0 bridgehead atoms. The summed E-state index contributed by atoms with van der Waals surface area (Å²) >= 11 is 0. The van der Waals surface area contributed by atoms with E-state index in [4.69, 9.17) is 10.5 Å². The molecule has 2 aromatic heterocycles. The number of aliphatic hydroxyl groups excluding tert-OH is 1. The first kappa shape index (κ1) is 19.2. The lowest BCUT2D eigenvalue weighted by molar-refractivity contribution is 0.250. The van der Waals surface area contributed by atoms with Gasteiger partial charge in [0.15, 0.2) is 5.65 Å². The summed E-state index contributed by atoms with van der Waals surface area (Å²) < 4.78 is 7.41. The number of amides is 1. The van der Waals surface area contributed by atoms with Crippen molar-refractivity contribution in [3.05, 3.63) is 70.8 Å². The zero-order valence-corrected chi connectivity index (χ0v) is 15.9. The number of carbonyl (C=O) groups excluding carboxylic acids is 1. The molecule has 2 aromatic carbocycles. The number of methoxy groups -OCH3 is 1. The van der Waals surface area contributed by atoms with E-state index in [0.29, 0.717) is 22.7 Å². The van der Waals surface area contributed by atoms with Crippen LogP contribution in [0.4, 0.5) is 16.4 Å². The number of aromatic nitrogens is 4. The molecule has 0 spiro atoms. The number of ether oxygens (including phenoxy) is 1. The van der Waals surface area contributed by atoms with Gasteiger partial charge in [-0.3, -0.25) is 0 Å². The van der Waals surface area contributed by atoms with Crippen molar-refractivity contribution < 1.29 is 14.6 Å². The Balaban J connectivity index is 1.92. The topological polar surface area (TPSA) is 137 Å². The van der Waals surface area contributed by atoms with Crippen LogP contribution < -0.4 is 21.5 Å². The first-order valence-corrected chi connectivity index (χ1v) is 8.94. The van der Waals surface area contributed by atoms with Gasteiger partial charge in [0.2, 0.25) is 5.95 Å². The zero-order valence-electron chi connectivity index (χ0n) is 15.9. The SMILES string of the molecule is COc1ccccc1-n1c(=O)n(C(N)=O)c2cnc(Nc3cccc(CO)c3)nc21. The van der Waals surface area contributed by atoms with Crippen molar-refractivity contribution in [2.24, 2.45) is 5.73 Å². The Morgan fingerprint density at radius 3 is 2.77 bits per heavy atom. The molecule has 0 fully saturated rings. The number of benzene rings is 2. The number of rotatable bonds is 5. The quantitative estimate of drug-likeness (QED) is 0.459. The fourth-order valence-corrected chi connectivity index (χ4v) is 3.16. The summed E-state index contributed by atoms with van der Waals surface area (Å²) in [6.07, 6.45) is 1.35. The number of fused-ring (bicyclic) bond motifs is 1. The number of carbonyl (C=O) groups is 1. The molecule has 10 heteroatoms. The average Bonchev–Trinajstić information content (AvgIpc) is 3.05. The summed E-state index contributed by atoms with van der Waals surface area (Å²) in [7, 11) is 1.48. The van der Waals surface area contributed by atoms with Gasteiger partial charge in [-0.25, -0.2) is 23.7 Å². The summed E-state index contributed by atoms with van der Waals surface area (Å²) in [4.78, 5) is 33.6. The molecule has 4 rings (SSSR count). The minimum absolute atomic E-state index is 0.107. The maximum atomic E-state index is 13.0. The van der Waals surface area contributed by atoms with Crippen LogP contribution in [-0.4, -0.2) is 37.3 Å². The molecular weight excluding hydrogens is 388 g/mol. The van der Waals surface area contributed by atoms with Crippen LogP contribution >= 0.6 is 0 Å². The molecule has 0 atom stereocenters. The van der Waals surface area contributed by atoms with Crippen molar-refractivity contribution in [3.63, 3.8) is 0 Å². The van der Waals surface area contributed by atoms with E-state index in [-0.39, 0.29) is 23.7 Å². The third-order valence-electron chi connectivity index (χ3n) is 4.50. The Labute approximate surface area is 170 Å². The van der Waals surface area contributed by atoms with E-state index in [1.165, 1.54) is 17.9 Å². The normalized spacial score (nSPS) is 10.9. The van der Waals surface area contributed by atoms with Crippen molar-refractivity contribution in [3.8, 4) is 11.4 Å². The van der Waals surface area contributed by atoms with Crippen molar-refractivity contribution >= 4 is 28.8 Å². The highest BCUT2D eigenvalue weighted by Crippen LogP contribution is 2.25. The Kier molecular flexibility index (Phi) is 4.90. The molecule has 0 aliphatic rings. The first-order chi connectivity index (χ1) is 14.5. The maximum Gasteiger partial charge on any atom is 0.343 e. The van der Waals surface area contributed by atoms with Crippen molar-refractivity contribution in [1.82, 2.24) is 19.1 Å². The molecule has 30 heavy (non-hydrogen) atoms. The number of hydrogen-bond acceptors (Lipinski definition) is 7. The number of para-hydroxylation sites is 2. The number of hydrogen-bond donors (Lipinski definition) is 3. The number of nitrogens with zero attached hydrogens (tertiary/aromatic N) is 4. The van der Waals surface area contributed by atoms with E-state index in [2.05, 4.69) is 15.3 Å². The minimum atomic E-state index is -0.946. The number of nitrogens with one attached hydrogen (secondary N) is 1. The molecule has 0 aliphatic carbocycles. The summed E-state index contributed by atoms with van der Waals surface area (Å²) in [6.45, 7) is -0.107. The van der Waals surface area contributed by atoms with Gasteiger partial charge in [-0.2, -0.15) is 4.98 Å². The highest BCUT2D eigenvalue weighted by molar-refractivity contribution is 5.88. The standard InChI is InChI=1S/C20H18N6O4/c1-30-16-8-3-2-7-14(16)25-17-15(26(18(21)28)20(25)29)10-22-19(24-17)23-13-6-4-5-12(9-13)11-27/h2-10,27H,11H2,1H3,(H2,21,28)(H,22,23,24). The Hall–Kier alpha value is -4.18. The summed E-state index contributed by atoms with van der Waals surface area (Å²) in [6, 6.07) is 13.0. The van der Waals surface area contributed by atoms with Gasteiger partial charge in [0.05, 0.1) is 25.6 Å². The maximum absolute atomic E-state index is 13.0. The number of primary amides is 1. The van der Waals surface area contributed by atoms with E-state index in [1.807, 2.05) is 0 Å². The van der Waals surface area contributed by atoms with Crippen LogP contribution in [0.5, 0.6) is 5.75 Å². The van der Waals surface area contributed by atoms with Gasteiger partial charge in [-0.15, -0.1) is 0 Å². The number of nitrogens with two attached hydrogens (primary N) is 1. The van der Waals surface area contributed by atoms with E-state index >= 15 is 0 Å². The van der Waals surface area contributed by atoms with Crippen molar-refractivity contribution in [1.29, 1.82) is 0 Å². The molecule has 2 heterocycles. The van der Waals surface area contributed by atoms with Crippen LogP contribution in [0.3, 0.4) is 0 Å². The first-order valence-electron chi connectivity index (χ1n) is 8.94. The highest BCUT2D eigenvalue weighted by atomic mass is 16.5. The second-order valence-electron chi connectivity index (χ2n) is 6.35.